The highest BCUT2D eigenvalue weighted by molar-refractivity contribution is 7.13. The van der Waals surface area contributed by atoms with Gasteiger partial charge in [0.1, 0.15) is 0 Å². The molecule has 3 heterocycles. The quantitative estimate of drug-likeness (QED) is 0.839. The van der Waals surface area contributed by atoms with E-state index < -0.39 is 0 Å². The van der Waals surface area contributed by atoms with E-state index in [9.17, 15) is 4.79 Å². The Morgan fingerprint density at radius 1 is 1.32 bits per heavy atom. The van der Waals surface area contributed by atoms with Crippen LogP contribution in [0.5, 0.6) is 0 Å². The summed E-state index contributed by atoms with van der Waals surface area (Å²) in [5, 5.41) is 0. The number of pyridine rings is 1. The summed E-state index contributed by atoms with van der Waals surface area (Å²) in [6.45, 7) is 2.88. The highest BCUT2D eigenvalue weighted by atomic mass is 32.1. The second-order valence-corrected chi connectivity index (χ2v) is 6.14. The maximum absolute atomic E-state index is 12.6. The number of amides is 1. The predicted octanol–water partition coefficient (Wildman–Crippen LogP) is 3.43. The van der Waals surface area contributed by atoms with Crippen molar-refractivity contribution in [3.05, 3.63) is 52.0 Å². The van der Waals surface area contributed by atoms with Gasteiger partial charge >= 0.3 is 0 Å². The van der Waals surface area contributed by atoms with Crippen LogP contribution in [0.4, 0.5) is 0 Å². The number of thiophene rings is 1. The molecule has 98 valence electrons. The molecule has 1 saturated heterocycles. The van der Waals surface area contributed by atoms with E-state index in [1.54, 1.807) is 23.7 Å². The average Bonchev–Trinajstić information content (AvgIpc) is 3.07. The third kappa shape index (κ3) is 2.40. The van der Waals surface area contributed by atoms with E-state index in [-0.39, 0.29) is 11.9 Å². The average molecular weight is 272 g/mol. The lowest BCUT2D eigenvalue weighted by molar-refractivity contribution is 0.0740. The Kier molecular flexibility index (Phi) is 3.34. The second-order valence-electron chi connectivity index (χ2n) is 4.85. The number of nitrogens with zero attached hydrogens (tertiary/aromatic N) is 2. The van der Waals surface area contributed by atoms with Crippen molar-refractivity contribution >= 4 is 17.2 Å². The predicted molar refractivity (Wildman–Crippen MR) is 76.3 cm³/mol. The molecule has 1 aliphatic heterocycles. The van der Waals surface area contributed by atoms with Gasteiger partial charge in [-0.15, -0.1) is 11.3 Å². The molecule has 0 spiro atoms. The van der Waals surface area contributed by atoms with Crippen LogP contribution in [0.15, 0.2) is 36.7 Å². The maximum Gasteiger partial charge on any atom is 0.264 e. The normalized spacial score (nSPS) is 18.8. The van der Waals surface area contributed by atoms with Crippen molar-refractivity contribution < 1.29 is 4.79 Å². The molecular weight excluding hydrogens is 256 g/mol. The Hall–Kier alpha value is -1.68. The molecule has 3 rings (SSSR count). The molecule has 0 saturated carbocycles. The summed E-state index contributed by atoms with van der Waals surface area (Å²) in [6.07, 6.45) is 5.71. The van der Waals surface area contributed by atoms with Crippen LogP contribution in [0.25, 0.3) is 0 Å². The molecule has 0 aliphatic carbocycles. The number of rotatable bonds is 2. The van der Waals surface area contributed by atoms with Gasteiger partial charge in [-0.1, -0.05) is 0 Å². The fraction of sp³-hybridized carbons (Fsp3) is 0.333. The van der Waals surface area contributed by atoms with Crippen molar-refractivity contribution in [2.75, 3.05) is 6.54 Å². The van der Waals surface area contributed by atoms with Crippen molar-refractivity contribution in [2.24, 2.45) is 0 Å². The van der Waals surface area contributed by atoms with Crippen LogP contribution in [0, 0.1) is 6.92 Å². The fourth-order valence-electron chi connectivity index (χ4n) is 2.63. The van der Waals surface area contributed by atoms with Gasteiger partial charge in [0, 0.05) is 23.8 Å². The Bertz CT molecular complexity index is 579. The minimum absolute atomic E-state index is 0.164. The van der Waals surface area contributed by atoms with Crippen molar-refractivity contribution in [1.82, 2.24) is 9.88 Å². The van der Waals surface area contributed by atoms with Gasteiger partial charge in [0.15, 0.2) is 0 Å². The second kappa shape index (κ2) is 5.13. The zero-order valence-electron chi connectivity index (χ0n) is 10.9. The molecule has 2 aromatic rings. The summed E-state index contributed by atoms with van der Waals surface area (Å²) in [6, 6.07) is 8.17. The molecule has 0 aromatic carbocycles. The van der Waals surface area contributed by atoms with E-state index in [2.05, 4.69) is 4.98 Å². The van der Waals surface area contributed by atoms with E-state index in [0.717, 1.165) is 24.3 Å². The summed E-state index contributed by atoms with van der Waals surface area (Å²) in [5.74, 6) is 0.164. The summed E-state index contributed by atoms with van der Waals surface area (Å²) in [4.78, 5) is 20.6. The van der Waals surface area contributed by atoms with Crippen molar-refractivity contribution in [3.63, 3.8) is 0 Å². The van der Waals surface area contributed by atoms with E-state index in [4.69, 9.17) is 0 Å². The van der Waals surface area contributed by atoms with Crippen molar-refractivity contribution in [1.29, 1.82) is 0 Å². The molecule has 1 aliphatic rings. The standard InChI is InChI=1S/C15H16N2OS/c1-11-4-5-14(19-11)15(18)17-10-2-3-13(17)12-6-8-16-9-7-12/h4-9,13H,2-3,10H2,1H3. The lowest BCUT2D eigenvalue weighted by Crippen LogP contribution is -2.29. The highest BCUT2D eigenvalue weighted by Gasteiger charge is 2.30. The lowest BCUT2D eigenvalue weighted by Gasteiger charge is -2.24. The lowest BCUT2D eigenvalue weighted by atomic mass is 10.1. The molecule has 1 unspecified atom stereocenters. The Labute approximate surface area is 116 Å². The van der Waals surface area contributed by atoms with E-state index in [1.807, 2.05) is 36.1 Å². The largest absolute Gasteiger partial charge is 0.331 e. The van der Waals surface area contributed by atoms with Gasteiger partial charge < -0.3 is 4.90 Å². The summed E-state index contributed by atoms with van der Waals surface area (Å²) >= 11 is 1.58. The molecule has 3 nitrogen and oxygen atoms in total. The number of aryl methyl sites for hydroxylation is 1. The van der Waals surface area contributed by atoms with Gasteiger partial charge in [-0.3, -0.25) is 9.78 Å². The van der Waals surface area contributed by atoms with Crippen LogP contribution in [0.2, 0.25) is 0 Å². The topological polar surface area (TPSA) is 33.2 Å². The first-order valence-corrected chi connectivity index (χ1v) is 7.34. The number of aromatic nitrogens is 1. The zero-order chi connectivity index (χ0) is 13.2. The fourth-order valence-corrected chi connectivity index (χ4v) is 3.46. The minimum atomic E-state index is 0.164. The summed E-state index contributed by atoms with van der Waals surface area (Å²) in [5.41, 5.74) is 1.19. The molecular formula is C15H16N2OS. The number of hydrogen-bond donors (Lipinski definition) is 0. The van der Waals surface area contributed by atoms with Crippen LogP contribution in [0.1, 0.15) is 39.0 Å². The first-order valence-electron chi connectivity index (χ1n) is 6.53. The van der Waals surface area contributed by atoms with E-state index in [0.29, 0.717) is 0 Å². The highest BCUT2D eigenvalue weighted by Crippen LogP contribution is 2.33. The van der Waals surface area contributed by atoms with Crippen LogP contribution in [-0.4, -0.2) is 22.3 Å². The monoisotopic (exact) mass is 272 g/mol. The Morgan fingerprint density at radius 2 is 2.11 bits per heavy atom. The third-order valence-electron chi connectivity index (χ3n) is 3.56. The minimum Gasteiger partial charge on any atom is -0.331 e. The number of likely N-dealkylation sites (tertiary alicyclic amines) is 1. The first-order chi connectivity index (χ1) is 9.25. The van der Waals surface area contributed by atoms with Gasteiger partial charge in [0.25, 0.3) is 5.91 Å². The SMILES string of the molecule is Cc1ccc(C(=O)N2CCCC2c2ccncc2)s1. The van der Waals surface area contributed by atoms with Gasteiger partial charge in [0.05, 0.1) is 10.9 Å². The molecule has 2 aromatic heterocycles. The number of hydrogen-bond acceptors (Lipinski definition) is 3. The van der Waals surface area contributed by atoms with Crippen LogP contribution in [-0.2, 0) is 0 Å². The number of carbonyl (C=O) groups is 1. The van der Waals surface area contributed by atoms with Gasteiger partial charge in [0.2, 0.25) is 0 Å². The maximum atomic E-state index is 12.6. The molecule has 0 bridgehead atoms. The van der Waals surface area contributed by atoms with Gasteiger partial charge in [-0.2, -0.15) is 0 Å². The zero-order valence-corrected chi connectivity index (χ0v) is 11.7. The van der Waals surface area contributed by atoms with Gasteiger partial charge in [-0.05, 0) is 49.6 Å². The molecule has 0 N–H and O–H groups in total. The smallest absolute Gasteiger partial charge is 0.264 e. The third-order valence-corrected chi connectivity index (χ3v) is 4.54. The Morgan fingerprint density at radius 3 is 2.79 bits per heavy atom. The molecule has 4 heteroatoms. The van der Waals surface area contributed by atoms with Crippen LogP contribution < -0.4 is 0 Å². The summed E-state index contributed by atoms with van der Waals surface area (Å²) in [7, 11) is 0. The Balaban J connectivity index is 1.86. The van der Waals surface area contributed by atoms with Crippen molar-refractivity contribution in [2.45, 2.75) is 25.8 Å². The van der Waals surface area contributed by atoms with E-state index >= 15 is 0 Å². The molecule has 1 atom stereocenters. The van der Waals surface area contributed by atoms with Crippen LogP contribution >= 0.6 is 11.3 Å². The molecule has 1 fully saturated rings. The van der Waals surface area contributed by atoms with Crippen LogP contribution in [0.3, 0.4) is 0 Å². The molecule has 0 radical (unpaired) electrons. The first kappa shape index (κ1) is 12.4. The van der Waals surface area contributed by atoms with E-state index in [1.165, 1.54) is 10.4 Å². The number of carbonyl (C=O) groups excluding carboxylic acids is 1. The van der Waals surface area contributed by atoms with Gasteiger partial charge in [-0.25, -0.2) is 0 Å². The molecule has 19 heavy (non-hydrogen) atoms. The summed E-state index contributed by atoms with van der Waals surface area (Å²) < 4.78 is 0. The molecule has 1 amide bonds. The van der Waals surface area contributed by atoms with Crippen molar-refractivity contribution in [3.8, 4) is 0 Å².